The highest BCUT2D eigenvalue weighted by Crippen LogP contribution is 2.11. The quantitative estimate of drug-likeness (QED) is 0.0357. The van der Waals surface area contributed by atoms with E-state index in [4.69, 9.17) is 14.2 Å². The Morgan fingerprint density at radius 2 is 0.833 bits per heavy atom. The molecular weight excluding hydrogens is 669 g/mol. The third-order valence-corrected chi connectivity index (χ3v) is 8.62. The SMILES string of the molecule is CC/C=C\C/C=C\C/C=C\C/C=C\CCCCCOCC(COC(=O)CCCC/C=C\C/C=C\C/C=C\C/C=C\CC)OC(=O)CCCCCCCCC. The van der Waals surface area contributed by atoms with Crippen LogP contribution in [0.2, 0.25) is 0 Å². The van der Waals surface area contributed by atoms with Gasteiger partial charge >= 0.3 is 11.9 Å². The van der Waals surface area contributed by atoms with Crippen molar-refractivity contribution in [3.8, 4) is 0 Å². The van der Waals surface area contributed by atoms with E-state index in [1.807, 2.05) is 0 Å². The van der Waals surface area contributed by atoms with Gasteiger partial charge in [0.05, 0.1) is 6.61 Å². The van der Waals surface area contributed by atoms with Crippen LogP contribution in [0.4, 0.5) is 0 Å². The van der Waals surface area contributed by atoms with Crippen LogP contribution in [-0.4, -0.2) is 37.9 Å². The van der Waals surface area contributed by atoms with Gasteiger partial charge < -0.3 is 14.2 Å². The second-order valence-electron chi connectivity index (χ2n) is 13.8. The van der Waals surface area contributed by atoms with Crippen molar-refractivity contribution in [2.75, 3.05) is 19.8 Å². The van der Waals surface area contributed by atoms with Crippen molar-refractivity contribution in [2.45, 2.75) is 181 Å². The van der Waals surface area contributed by atoms with Crippen molar-refractivity contribution in [1.82, 2.24) is 0 Å². The summed E-state index contributed by atoms with van der Waals surface area (Å²) in [7, 11) is 0. The van der Waals surface area contributed by atoms with Gasteiger partial charge in [0.2, 0.25) is 0 Å². The van der Waals surface area contributed by atoms with Gasteiger partial charge in [-0.15, -0.1) is 0 Å². The monoisotopic (exact) mass is 749 g/mol. The number of ether oxygens (including phenoxy) is 3. The number of unbranched alkanes of at least 4 members (excludes halogenated alkanes) is 11. The van der Waals surface area contributed by atoms with E-state index in [0.29, 0.717) is 19.4 Å². The van der Waals surface area contributed by atoms with Crippen molar-refractivity contribution in [3.63, 3.8) is 0 Å². The van der Waals surface area contributed by atoms with Crippen LogP contribution < -0.4 is 0 Å². The molecule has 0 bridgehead atoms. The van der Waals surface area contributed by atoms with E-state index in [-0.39, 0.29) is 25.2 Å². The highest BCUT2D eigenvalue weighted by Gasteiger charge is 2.17. The fraction of sp³-hybridized carbons (Fsp3) is 0.633. The van der Waals surface area contributed by atoms with Gasteiger partial charge in [-0.05, 0) is 96.3 Å². The molecule has 0 aromatic rings. The van der Waals surface area contributed by atoms with E-state index in [2.05, 4.69) is 118 Å². The molecule has 1 unspecified atom stereocenters. The summed E-state index contributed by atoms with van der Waals surface area (Å²) >= 11 is 0. The first-order valence-corrected chi connectivity index (χ1v) is 21.8. The largest absolute Gasteiger partial charge is 0.462 e. The fourth-order valence-corrected chi connectivity index (χ4v) is 5.43. The minimum Gasteiger partial charge on any atom is -0.462 e. The summed E-state index contributed by atoms with van der Waals surface area (Å²) in [5, 5.41) is 0. The lowest BCUT2D eigenvalue weighted by molar-refractivity contribution is -0.163. The fourth-order valence-electron chi connectivity index (χ4n) is 5.43. The summed E-state index contributed by atoms with van der Waals surface area (Å²) in [4.78, 5) is 25.1. The molecule has 0 radical (unpaired) electrons. The molecule has 0 fully saturated rings. The molecule has 0 aromatic heterocycles. The Kier molecular flexibility index (Phi) is 41.6. The summed E-state index contributed by atoms with van der Waals surface area (Å²) in [6, 6.07) is 0. The minimum atomic E-state index is -0.570. The Labute approximate surface area is 332 Å². The molecular formula is C49H80O5. The molecule has 1 atom stereocenters. The lowest BCUT2D eigenvalue weighted by atomic mass is 10.1. The summed E-state index contributed by atoms with van der Waals surface area (Å²) in [5.74, 6) is -0.479. The Balaban J connectivity index is 4.32. The maximum absolute atomic E-state index is 12.6. The number of carbonyl (C=O) groups excluding carboxylic acids is 2. The molecule has 0 saturated heterocycles. The van der Waals surface area contributed by atoms with E-state index in [0.717, 1.165) is 116 Å². The lowest BCUT2D eigenvalue weighted by Crippen LogP contribution is -2.30. The van der Waals surface area contributed by atoms with Crippen LogP contribution in [0, 0.1) is 0 Å². The van der Waals surface area contributed by atoms with E-state index < -0.39 is 6.10 Å². The first kappa shape index (κ1) is 50.8. The van der Waals surface area contributed by atoms with Gasteiger partial charge in [0.25, 0.3) is 0 Å². The van der Waals surface area contributed by atoms with Crippen molar-refractivity contribution < 1.29 is 23.8 Å². The van der Waals surface area contributed by atoms with Crippen LogP contribution in [0.1, 0.15) is 175 Å². The topological polar surface area (TPSA) is 61.8 Å². The molecule has 0 amide bonds. The highest BCUT2D eigenvalue weighted by atomic mass is 16.6. The van der Waals surface area contributed by atoms with E-state index in [1.165, 1.54) is 25.7 Å². The maximum atomic E-state index is 12.6. The minimum absolute atomic E-state index is 0.0459. The van der Waals surface area contributed by atoms with Gasteiger partial charge in [0.1, 0.15) is 6.61 Å². The number of rotatable bonds is 38. The van der Waals surface area contributed by atoms with Gasteiger partial charge in [-0.25, -0.2) is 0 Å². The molecule has 5 heteroatoms. The summed E-state index contributed by atoms with van der Waals surface area (Å²) in [6.07, 6.45) is 58.5. The molecule has 5 nitrogen and oxygen atoms in total. The van der Waals surface area contributed by atoms with Gasteiger partial charge in [-0.2, -0.15) is 0 Å². The highest BCUT2D eigenvalue weighted by molar-refractivity contribution is 5.70. The molecule has 0 spiro atoms. The average molecular weight is 749 g/mol. The third-order valence-electron chi connectivity index (χ3n) is 8.62. The zero-order valence-corrected chi connectivity index (χ0v) is 34.9. The first-order valence-electron chi connectivity index (χ1n) is 21.8. The summed E-state index contributed by atoms with van der Waals surface area (Å²) in [6.45, 7) is 7.42. The number of allylic oxidation sites excluding steroid dienone is 16. The smallest absolute Gasteiger partial charge is 0.306 e. The average Bonchev–Trinajstić information content (AvgIpc) is 3.17. The molecule has 0 aromatic carbocycles. The van der Waals surface area contributed by atoms with Gasteiger partial charge in [0.15, 0.2) is 6.10 Å². The van der Waals surface area contributed by atoms with Crippen LogP contribution in [0.15, 0.2) is 97.2 Å². The van der Waals surface area contributed by atoms with Crippen molar-refractivity contribution in [1.29, 1.82) is 0 Å². The Hall–Kier alpha value is -3.18. The second-order valence-corrected chi connectivity index (χ2v) is 13.8. The Morgan fingerprint density at radius 3 is 1.35 bits per heavy atom. The van der Waals surface area contributed by atoms with E-state index in [9.17, 15) is 9.59 Å². The van der Waals surface area contributed by atoms with Crippen LogP contribution in [-0.2, 0) is 23.8 Å². The maximum Gasteiger partial charge on any atom is 0.306 e. The van der Waals surface area contributed by atoms with Gasteiger partial charge in [-0.1, -0.05) is 163 Å². The lowest BCUT2D eigenvalue weighted by Gasteiger charge is -2.18. The number of carbonyl (C=O) groups is 2. The van der Waals surface area contributed by atoms with Crippen molar-refractivity contribution in [3.05, 3.63) is 97.2 Å². The molecule has 0 rings (SSSR count). The third kappa shape index (κ3) is 41.6. The van der Waals surface area contributed by atoms with Crippen molar-refractivity contribution >= 4 is 11.9 Å². The molecule has 0 saturated carbocycles. The predicted octanol–water partition coefficient (Wildman–Crippen LogP) is 14.3. The van der Waals surface area contributed by atoms with E-state index >= 15 is 0 Å². The van der Waals surface area contributed by atoms with E-state index in [1.54, 1.807) is 0 Å². The Bertz CT molecular complexity index is 1070. The van der Waals surface area contributed by atoms with Crippen LogP contribution >= 0.6 is 0 Å². The molecule has 306 valence electrons. The summed E-state index contributed by atoms with van der Waals surface area (Å²) < 4.78 is 17.2. The molecule has 0 N–H and O–H groups in total. The van der Waals surface area contributed by atoms with Crippen LogP contribution in [0.3, 0.4) is 0 Å². The van der Waals surface area contributed by atoms with Crippen LogP contribution in [0.25, 0.3) is 0 Å². The summed E-state index contributed by atoms with van der Waals surface area (Å²) in [5.41, 5.74) is 0. The number of hydrogen-bond acceptors (Lipinski definition) is 5. The molecule has 54 heavy (non-hydrogen) atoms. The number of esters is 2. The second kappa shape index (κ2) is 44.2. The Morgan fingerprint density at radius 1 is 0.426 bits per heavy atom. The normalized spacial score (nSPS) is 13.2. The first-order chi connectivity index (χ1) is 26.6. The molecule has 0 aliphatic rings. The van der Waals surface area contributed by atoms with Gasteiger partial charge in [-0.3, -0.25) is 9.59 Å². The zero-order valence-electron chi connectivity index (χ0n) is 34.9. The zero-order chi connectivity index (χ0) is 39.3. The molecule has 0 aliphatic carbocycles. The number of hydrogen-bond donors (Lipinski definition) is 0. The van der Waals surface area contributed by atoms with Crippen molar-refractivity contribution in [2.24, 2.45) is 0 Å². The predicted molar refractivity (Wildman–Crippen MR) is 233 cm³/mol. The van der Waals surface area contributed by atoms with Crippen LogP contribution in [0.5, 0.6) is 0 Å². The molecule has 0 heterocycles. The standard InChI is InChI=1S/C49H80O5/c1-4-7-10-13-16-18-20-22-24-26-28-30-32-35-38-41-44-52-45-47(54-49(51)43-40-37-33-15-12-9-6-3)46-53-48(50)42-39-36-34-31-29-27-25-23-21-19-17-14-11-8-5-2/h7-8,10-11,16-19,22-25,28-31,47H,4-6,9,12-15,20-21,26-27,32-46H2,1-3H3/b10-7-,11-8-,18-16-,19-17-,24-22-,25-23-,30-28-,31-29-. The molecule has 0 aliphatic heterocycles. The van der Waals surface area contributed by atoms with Gasteiger partial charge in [0, 0.05) is 19.4 Å².